The van der Waals surface area contributed by atoms with Gasteiger partial charge in [0.1, 0.15) is 0 Å². The molecular formula is C15H22FN3O. The van der Waals surface area contributed by atoms with Gasteiger partial charge >= 0.3 is 0 Å². The van der Waals surface area contributed by atoms with Gasteiger partial charge in [-0.2, -0.15) is 0 Å². The Kier molecular flexibility index (Phi) is 4.93. The van der Waals surface area contributed by atoms with Crippen molar-refractivity contribution < 1.29 is 9.18 Å². The fourth-order valence-electron chi connectivity index (χ4n) is 2.65. The van der Waals surface area contributed by atoms with Gasteiger partial charge in [-0.1, -0.05) is 13.3 Å². The zero-order valence-electron chi connectivity index (χ0n) is 12.2. The molecule has 0 bridgehead atoms. The highest BCUT2D eigenvalue weighted by Crippen LogP contribution is 2.23. The van der Waals surface area contributed by atoms with Crippen LogP contribution in [0.5, 0.6) is 0 Å². The van der Waals surface area contributed by atoms with Crippen LogP contribution in [-0.4, -0.2) is 35.4 Å². The molecule has 20 heavy (non-hydrogen) atoms. The van der Waals surface area contributed by atoms with E-state index in [1.54, 1.807) is 4.90 Å². The Bertz CT molecular complexity index is 478. The maximum absolute atomic E-state index is 14.3. The summed E-state index contributed by atoms with van der Waals surface area (Å²) in [7, 11) is 0. The molecule has 0 spiro atoms. The number of nitrogens with zero attached hydrogens (tertiary/aromatic N) is 2. The van der Waals surface area contributed by atoms with Crippen molar-refractivity contribution in [1.29, 1.82) is 0 Å². The van der Waals surface area contributed by atoms with Crippen LogP contribution in [0.1, 0.15) is 43.5 Å². The van der Waals surface area contributed by atoms with Gasteiger partial charge in [-0.3, -0.25) is 4.79 Å². The number of pyridine rings is 1. The molecule has 1 atom stereocenters. The van der Waals surface area contributed by atoms with E-state index in [1.807, 2.05) is 6.92 Å². The molecule has 1 unspecified atom stereocenters. The molecule has 2 rings (SSSR count). The van der Waals surface area contributed by atoms with Gasteiger partial charge in [-0.15, -0.1) is 0 Å². The number of aromatic nitrogens is 1. The van der Waals surface area contributed by atoms with Crippen molar-refractivity contribution >= 4 is 11.7 Å². The molecule has 0 radical (unpaired) electrons. The van der Waals surface area contributed by atoms with E-state index in [2.05, 4.69) is 17.2 Å². The van der Waals surface area contributed by atoms with Crippen molar-refractivity contribution in [2.75, 3.05) is 25.0 Å². The van der Waals surface area contributed by atoms with Gasteiger partial charge in [-0.25, -0.2) is 9.37 Å². The van der Waals surface area contributed by atoms with Crippen molar-refractivity contribution in [3.05, 3.63) is 23.6 Å². The lowest BCUT2D eigenvalue weighted by atomic mass is 9.95. The zero-order valence-corrected chi connectivity index (χ0v) is 12.2. The SMILES string of the molecule is CCNc1nccc(C(=O)N2CCCC(CC)C2)c1F. The molecule has 110 valence electrons. The molecule has 1 amide bonds. The third-order valence-electron chi connectivity index (χ3n) is 3.85. The van der Waals surface area contributed by atoms with Crippen LogP contribution in [0.3, 0.4) is 0 Å². The summed E-state index contributed by atoms with van der Waals surface area (Å²) in [6, 6.07) is 1.47. The third kappa shape index (κ3) is 3.08. The van der Waals surface area contributed by atoms with Crippen LogP contribution in [0.2, 0.25) is 0 Å². The van der Waals surface area contributed by atoms with Crippen LogP contribution in [0.15, 0.2) is 12.3 Å². The van der Waals surface area contributed by atoms with Crippen LogP contribution in [0, 0.1) is 11.7 Å². The van der Waals surface area contributed by atoms with E-state index >= 15 is 0 Å². The van der Waals surface area contributed by atoms with Crippen molar-refractivity contribution in [2.24, 2.45) is 5.92 Å². The Hall–Kier alpha value is -1.65. The molecule has 1 fully saturated rings. The lowest BCUT2D eigenvalue weighted by Crippen LogP contribution is -2.40. The summed E-state index contributed by atoms with van der Waals surface area (Å²) in [5, 5.41) is 2.84. The van der Waals surface area contributed by atoms with E-state index < -0.39 is 5.82 Å². The number of rotatable bonds is 4. The molecule has 1 aliphatic heterocycles. The topological polar surface area (TPSA) is 45.2 Å². The third-order valence-corrected chi connectivity index (χ3v) is 3.85. The largest absolute Gasteiger partial charge is 0.368 e. The first-order valence-electron chi connectivity index (χ1n) is 7.35. The molecule has 4 nitrogen and oxygen atoms in total. The standard InChI is InChI=1S/C15H22FN3O/c1-3-11-6-5-9-19(10-11)15(20)12-7-8-18-14(13(12)16)17-4-2/h7-8,11H,3-6,9-10H2,1-2H3,(H,17,18). The molecule has 0 aromatic carbocycles. The molecule has 1 aromatic heterocycles. The summed E-state index contributed by atoms with van der Waals surface area (Å²) in [5.74, 6) is -0.0755. The monoisotopic (exact) mass is 279 g/mol. The van der Waals surface area contributed by atoms with Crippen LogP contribution in [-0.2, 0) is 0 Å². The average Bonchev–Trinajstić information content (AvgIpc) is 2.49. The maximum atomic E-state index is 14.3. The van der Waals surface area contributed by atoms with Gasteiger partial charge in [0.15, 0.2) is 11.6 Å². The number of hydrogen-bond donors (Lipinski definition) is 1. The Morgan fingerprint density at radius 1 is 1.55 bits per heavy atom. The number of likely N-dealkylation sites (tertiary alicyclic amines) is 1. The van der Waals surface area contributed by atoms with Gasteiger partial charge in [0.2, 0.25) is 0 Å². The minimum Gasteiger partial charge on any atom is -0.368 e. The number of carbonyl (C=O) groups excluding carboxylic acids is 1. The predicted molar refractivity (Wildman–Crippen MR) is 77.3 cm³/mol. The molecule has 1 aliphatic rings. The van der Waals surface area contributed by atoms with Gasteiger partial charge in [0, 0.05) is 25.8 Å². The number of anilines is 1. The second-order valence-corrected chi connectivity index (χ2v) is 5.22. The van der Waals surface area contributed by atoms with Crippen LogP contribution in [0.4, 0.5) is 10.2 Å². The normalized spacial score (nSPS) is 18.9. The molecule has 1 N–H and O–H groups in total. The van der Waals surface area contributed by atoms with E-state index in [0.717, 1.165) is 25.8 Å². The van der Waals surface area contributed by atoms with E-state index in [1.165, 1.54) is 12.3 Å². The fourth-order valence-corrected chi connectivity index (χ4v) is 2.65. The molecule has 0 aliphatic carbocycles. The van der Waals surface area contributed by atoms with Crippen molar-refractivity contribution in [2.45, 2.75) is 33.1 Å². The molecular weight excluding hydrogens is 257 g/mol. The maximum Gasteiger partial charge on any atom is 0.257 e. The highest BCUT2D eigenvalue weighted by molar-refractivity contribution is 5.95. The van der Waals surface area contributed by atoms with E-state index in [4.69, 9.17) is 0 Å². The minimum absolute atomic E-state index is 0.118. The number of carbonyl (C=O) groups is 1. The average molecular weight is 279 g/mol. The summed E-state index contributed by atoms with van der Waals surface area (Å²) in [6.45, 7) is 6.02. The first-order chi connectivity index (χ1) is 9.67. The van der Waals surface area contributed by atoms with Crippen molar-refractivity contribution in [3.63, 3.8) is 0 Å². The number of piperidine rings is 1. The summed E-state index contributed by atoms with van der Waals surface area (Å²) >= 11 is 0. The van der Waals surface area contributed by atoms with E-state index in [-0.39, 0.29) is 17.3 Å². The minimum atomic E-state index is -0.544. The van der Waals surface area contributed by atoms with Gasteiger partial charge in [-0.05, 0) is 31.7 Å². The van der Waals surface area contributed by atoms with Crippen LogP contribution < -0.4 is 5.32 Å². The number of halogens is 1. The quantitative estimate of drug-likeness (QED) is 0.921. The molecule has 5 heteroatoms. The Morgan fingerprint density at radius 3 is 3.05 bits per heavy atom. The first kappa shape index (κ1) is 14.8. The van der Waals surface area contributed by atoms with Crippen molar-refractivity contribution in [3.8, 4) is 0 Å². The Morgan fingerprint density at radius 2 is 2.35 bits per heavy atom. The highest BCUT2D eigenvalue weighted by atomic mass is 19.1. The second kappa shape index (κ2) is 6.68. The lowest BCUT2D eigenvalue weighted by molar-refractivity contribution is 0.0666. The molecule has 2 heterocycles. The van der Waals surface area contributed by atoms with E-state index in [0.29, 0.717) is 19.0 Å². The molecule has 1 saturated heterocycles. The second-order valence-electron chi connectivity index (χ2n) is 5.22. The number of amides is 1. The van der Waals surface area contributed by atoms with Gasteiger partial charge in [0.05, 0.1) is 5.56 Å². The zero-order chi connectivity index (χ0) is 14.5. The smallest absolute Gasteiger partial charge is 0.257 e. The lowest BCUT2D eigenvalue weighted by Gasteiger charge is -2.32. The van der Waals surface area contributed by atoms with Crippen LogP contribution in [0.25, 0.3) is 0 Å². The molecule has 0 saturated carbocycles. The van der Waals surface area contributed by atoms with E-state index in [9.17, 15) is 9.18 Å². The van der Waals surface area contributed by atoms with Gasteiger partial charge in [0.25, 0.3) is 5.91 Å². The number of hydrogen-bond acceptors (Lipinski definition) is 3. The summed E-state index contributed by atoms with van der Waals surface area (Å²) < 4.78 is 14.3. The van der Waals surface area contributed by atoms with Gasteiger partial charge < -0.3 is 10.2 Å². The van der Waals surface area contributed by atoms with Crippen LogP contribution >= 0.6 is 0 Å². The van der Waals surface area contributed by atoms with Crippen molar-refractivity contribution in [1.82, 2.24) is 9.88 Å². The summed E-state index contributed by atoms with van der Waals surface area (Å²) in [5.41, 5.74) is 0.118. The molecule has 1 aromatic rings. The predicted octanol–water partition coefficient (Wildman–Crippen LogP) is 2.91. The Labute approximate surface area is 119 Å². The fraction of sp³-hybridized carbons (Fsp3) is 0.600. The first-order valence-corrected chi connectivity index (χ1v) is 7.35. The summed E-state index contributed by atoms with van der Waals surface area (Å²) in [6.07, 6.45) is 4.69. The number of nitrogens with one attached hydrogen (secondary N) is 1. The highest BCUT2D eigenvalue weighted by Gasteiger charge is 2.26. The Balaban J connectivity index is 2.18. The summed E-state index contributed by atoms with van der Waals surface area (Å²) in [4.78, 5) is 18.2.